The van der Waals surface area contributed by atoms with Crippen LogP contribution in [-0.4, -0.2) is 10.9 Å². The van der Waals surface area contributed by atoms with E-state index in [1.165, 1.54) is 12.8 Å². The van der Waals surface area contributed by atoms with Crippen LogP contribution in [0.15, 0.2) is 16.7 Å². The third-order valence-electron chi connectivity index (χ3n) is 3.05. The molecule has 0 bridgehead atoms. The van der Waals surface area contributed by atoms with Gasteiger partial charge in [0.2, 0.25) is 5.91 Å². The van der Waals surface area contributed by atoms with E-state index in [0.29, 0.717) is 5.92 Å². The molecule has 1 N–H and O–H groups in total. The molecule has 0 saturated heterocycles. The highest BCUT2D eigenvalue weighted by atomic mass is 79.9. The van der Waals surface area contributed by atoms with E-state index in [1.807, 2.05) is 26.0 Å². The van der Waals surface area contributed by atoms with Crippen molar-refractivity contribution in [1.29, 1.82) is 0 Å². The molecule has 1 atom stereocenters. The molecule has 1 aromatic rings. The Balaban J connectivity index is 2.05. The lowest BCUT2D eigenvalue weighted by Gasteiger charge is -2.12. The minimum Gasteiger partial charge on any atom is -0.324 e. The van der Waals surface area contributed by atoms with Crippen molar-refractivity contribution in [2.75, 3.05) is 5.32 Å². The lowest BCUT2D eigenvalue weighted by molar-refractivity contribution is -0.119. The number of nitrogens with one attached hydrogen (secondary N) is 1. The molecule has 1 heterocycles. The SMILES string of the molecule is Cc1nc(Br)ccc1NC(=O)C(C)C1CC1. The van der Waals surface area contributed by atoms with Gasteiger partial charge in [-0.1, -0.05) is 6.92 Å². The molecule has 0 aliphatic heterocycles. The molecular formula is C12H15BrN2O. The Morgan fingerprint density at radius 2 is 2.25 bits per heavy atom. The number of nitrogens with zero attached hydrogens (tertiary/aromatic N) is 1. The summed E-state index contributed by atoms with van der Waals surface area (Å²) < 4.78 is 0.790. The van der Waals surface area contributed by atoms with Gasteiger partial charge in [-0.05, 0) is 53.7 Å². The van der Waals surface area contributed by atoms with E-state index in [2.05, 4.69) is 26.2 Å². The summed E-state index contributed by atoms with van der Waals surface area (Å²) in [6.07, 6.45) is 2.37. The molecule has 1 aromatic heterocycles. The van der Waals surface area contributed by atoms with Crippen molar-refractivity contribution in [3.05, 3.63) is 22.4 Å². The molecule has 0 radical (unpaired) electrons. The predicted molar refractivity (Wildman–Crippen MR) is 67.2 cm³/mol. The van der Waals surface area contributed by atoms with Crippen molar-refractivity contribution in [2.45, 2.75) is 26.7 Å². The van der Waals surface area contributed by atoms with Gasteiger partial charge in [0.15, 0.2) is 0 Å². The Morgan fingerprint density at radius 1 is 1.56 bits per heavy atom. The zero-order chi connectivity index (χ0) is 11.7. The topological polar surface area (TPSA) is 42.0 Å². The molecule has 3 nitrogen and oxygen atoms in total. The maximum atomic E-state index is 11.9. The van der Waals surface area contributed by atoms with Crippen LogP contribution >= 0.6 is 15.9 Å². The lowest BCUT2D eigenvalue weighted by atomic mass is 10.1. The van der Waals surface area contributed by atoms with Crippen molar-refractivity contribution < 1.29 is 4.79 Å². The molecule has 1 aliphatic rings. The molecule has 1 aliphatic carbocycles. The number of aryl methyl sites for hydroxylation is 1. The van der Waals surface area contributed by atoms with Gasteiger partial charge in [0, 0.05) is 5.92 Å². The van der Waals surface area contributed by atoms with Gasteiger partial charge in [-0.25, -0.2) is 4.98 Å². The third kappa shape index (κ3) is 2.61. The standard InChI is InChI=1S/C12H15BrN2O/c1-7(9-3-4-9)12(16)15-10-5-6-11(13)14-8(10)2/h5-7,9H,3-4H2,1-2H3,(H,15,16). The first kappa shape index (κ1) is 11.6. The number of anilines is 1. The molecule has 2 rings (SSSR count). The molecule has 0 aromatic carbocycles. The summed E-state index contributed by atoms with van der Waals surface area (Å²) in [5.41, 5.74) is 1.64. The van der Waals surface area contributed by atoms with Gasteiger partial charge < -0.3 is 5.32 Å². The molecule has 1 unspecified atom stereocenters. The van der Waals surface area contributed by atoms with Crippen LogP contribution in [0, 0.1) is 18.8 Å². The van der Waals surface area contributed by atoms with Gasteiger partial charge in [0.05, 0.1) is 11.4 Å². The molecule has 1 fully saturated rings. The number of carbonyl (C=O) groups excluding carboxylic acids is 1. The van der Waals surface area contributed by atoms with Gasteiger partial charge >= 0.3 is 0 Å². The fourth-order valence-corrected chi connectivity index (χ4v) is 2.12. The van der Waals surface area contributed by atoms with E-state index in [1.54, 1.807) is 0 Å². The first-order valence-corrected chi connectivity index (χ1v) is 6.31. The first-order valence-electron chi connectivity index (χ1n) is 5.52. The second kappa shape index (κ2) is 4.53. The second-order valence-corrected chi connectivity index (χ2v) is 5.19. The zero-order valence-corrected chi connectivity index (χ0v) is 11.0. The number of carbonyl (C=O) groups is 1. The Bertz CT molecular complexity index is 415. The highest BCUT2D eigenvalue weighted by Crippen LogP contribution is 2.37. The lowest BCUT2D eigenvalue weighted by Crippen LogP contribution is -2.22. The average molecular weight is 283 g/mol. The maximum absolute atomic E-state index is 11.9. The Labute approximate surface area is 104 Å². The number of aromatic nitrogens is 1. The molecule has 86 valence electrons. The summed E-state index contributed by atoms with van der Waals surface area (Å²) in [6, 6.07) is 3.72. The number of halogens is 1. The van der Waals surface area contributed by atoms with E-state index >= 15 is 0 Å². The predicted octanol–water partition coefficient (Wildman–Crippen LogP) is 3.14. The number of hydrogen-bond acceptors (Lipinski definition) is 2. The van der Waals surface area contributed by atoms with E-state index in [4.69, 9.17) is 0 Å². The minimum absolute atomic E-state index is 0.106. The van der Waals surface area contributed by atoms with Crippen molar-refractivity contribution in [3.63, 3.8) is 0 Å². The van der Waals surface area contributed by atoms with Crippen LogP contribution in [0.3, 0.4) is 0 Å². The van der Waals surface area contributed by atoms with Crippen LogP contribution in [0.25, 0.3) is 0 Å². The van der Waals surface area contributed by atoms with Gasteiger partial charge in [-0.3, -0.25) is 4.79 Å². The van der Waals surface area contributed by atoms with Crippen LogP contribution in [0.5, 0.6) is 0 Å². The summed E-state index contributed by atoms with van der Waals surface area (Å²) in [7, 11) is 0. The monoisotopic (exact) mass is 282 g/mol. The normalized spacial score (nSPS) is 16.9. The van der Waals surface area contributed by atoms with Crippen LogP contribution in [-0.2, 0) is 4.79 Å². The molecule has 16 heavy (non-hydrogen) atoms. The first-order chi connectivity index (χ1) is 7.58. The number of hydrogen-bond donors (Lipinski definition) is 1. The van der Waals surface area contributed by atoms with Crippen molar-refractivity contribution in [2.24, 2.45) is 11.8 Å². The fraction of sp³-hybridized carbons (Fsp3) is 0.500. The Hall–Kier alpha value is -0.900. The zero-order valence-electron chi connectivity index (χ0n) is 9.46. The summed E-state index contributed by atoms with van der Waals surface area (Å²) in [6.45, 7) is 3.89. The highest BCUT2D eigenvalue weighted by Gasteiger charge is 2.32. The van der Waals surface area contributed by atoms with E-state index in [0.717, 1.165) is 16.0 Å². The second-order valence-electron chi connectivity index (χ2n) is 4.38. The van der Waals surface area contributed by atoms with E-state index in [-0.39, 0.29) is 11.8 Å². The minimum atomic E-state index is 0.106. The maximum Gasteiger partial charge on any atom is 0.227 e. The molecule has 4 heteroatoms. The number of rotatable bonds is 3. The summed E-state index contributed by atoms with van der Waals surface area (Å²) in [5.74, 6) is 0.807. The fourth-order valence-electron chi connectivity index (χ4n) is 1.72. The van der Waals surface area contributed by atoms with Crippen LogP contribution in [0.4, 0.5) is 5.69 Å². The van der Waals surface area contributed by atoms with E-state index in [9.17, 15) is 4.79 Å². The van der Waals surface area contributed by atoms with Gasteiger partial charge in [0.25, 0.3) is 0 Å². The van der Waals surface area contributed by atoms with Crippen LogP contribution in [0.2, 0.25) is 0 Å². The molecule has 1 saturated carbocycles. The number of amides is 1. The summed E-state index contributed by atoms with van der Waals surface area (Å²) in [4.78, 5) is 16.1. The molecular weight excluding hydrogens is 268 g/mol. The van der Waals surface area contributed by atoms with Crippen LogP contribution in [0.1, 0.15) is 25.5 Å². The van der Waals surface area contributed by atoms with Gasteiger partial charge in [-0.15, -0.1) is 0 Å². The molecule has 0 spiro atoms. The highest BCUT2D eigenvalue weighted by molar-refractivity contribution is 9.10. The van der Waals surface area contributed by atoms with Crippen molar-refractivity contribution in [1.82, 2.24) is 4.98 Å². The summed E-state index contributed by atoms with van der Waals surface area (Å²) in [5, 5.41) is 2.94. The Morgan fingerprint density at radius 3 is 2.81 bits per heavy atom. The quantitative estimate of drug-likeness (QED) is 0.866. The van der Waals surface area contributed by atoms with Crippen molar-refractivity contribution in [3.8, 4) is 0 Å². The van der Waals surface area contributed by atoms with E-state index < -0.39 is 0 Å². The van der Waals surface area contributed by atoms with Gasteiger partial charge in [-0.2, -0.15) is 0 Å². The van der Waals surface area contributed by atoms with Crippen molar-refractivity contribution >= 4 is 27.5 Å². The number of pyridine rings is 1. The Kier molecular flexibility index (Phi) is 3.28. The average Bonchev–Trinajstić information content (AvgIpc) is 3.04. The van der Waals surface area contributed by atoms with Gasteiger partial charge in [0.1, 0.15) is 4.60 Å². The molecule has 1 amide bonds. The smallest absolute Gasteiger partial charge is 0.227 e. The summed E-state index contributed by atoms with van der Waals surface area (Å²) >= 11 is 3.30. The largest absolute Gasteiger partial charge is 0.324 e. The third-order valence-corrected chi connectivity index (χ3v) is 3.49. The van der Waals surface area contributed by atoms with Crippen LogP contribution < -0.4 is 5.32 Å².